The number of para-hydroxylation sites is 5. The van der Waals surface area contributed by atoms with Crippen molar-refractivity contribution in [1.82, 2.24) is 18.7 Å². The van der Waals surface area contributed by atoms with E-state index in [1.807, 2.05) is 0 Å². The smallest absolute Gasteiger partial charge is 0.220 e. The second kappa shape index (κ2) is 13.3. The normalized spacial score (nSPS) is 11.7. The number of imidazole rings is 1. The fraction of sp³-hybridized carbons (Fsp3) is 0. The summed E-state index contributed by atoms with van der Waals surface area (Å²) in [7, 11) is 0. The number of aromatic nitrogens is 4. The number of fused-ring (bicyclic) bond motifs is 7. The van der Waals surface area contributed by atoms with Gasteiger partial charge in [0.15, 0.2) is 0 Å². The summed E-state index contributed by atoms with van der Waals surface area (Å²) in [6.07, 6.45) is 0. The maximum Gasteiger partial charge on any atom is 0.220 e. The lowest BCUT2D eigenvalue weighted by molar-refractivity contribution is 0.956. The second-order valence-corrected chi connectivity index (χ2v) is 15.2. The van der Waals surface area contributed by atoms with Crippen LogP contribution in [0.5, 0.6) is 0 Å². The maximum absolute atomic E-state index is 5.27. The molecule has 0 aliphatic carbocycles. The minimum Gasteiger partial charge on any atom is -0.309 e. The molecule has 12 rings (SSSR count). The Kier molecular flexibility index (Phi) is 7.50. The molecule has 4 nitrogen and oxygen atoms in total. The van der Waals surface area contributed by atoms with E-state index in [-0.39, 0.29) is 0 Å². The Morgan fingerprint density at radius 2 is 0.712 bits per heavy atom. The summed E-state index contributed by atoms with van der Waals surface area (Å²) >= 11 is 0. The van der Waals surface area contributed by atoms with Crippen LogP contribution in [0.15, 0.2) is 218 Å². The van der Waals surface area contributed by atoms with Crippen LogP contribution < -0.4 is 0 Å². The van der Waals surface area contributed by atoms with E-state index in [1.54, 1.807) is 0 Å². The van der Waals surface area contributed by atoms with Crippen molar-refractivity contribution in [3.8, 4) is 50.7 Å². The summed E-state index contributed by atoms with van der Waals surface area (Å²) in [5, 5.41) is 4.84. The highest BCUT2D eigenvalue weighted by Crippen LogP contribution is 2.40. The van der Waals surface area contributed by atoms with Gasteiger partial charge in [-0.05, 0) is 112 Å². The first-order chi connectivity index (χ1) is 29.3. The summed E-state index contributed by atoms with van der Waals surface area (Å²) in [5.74, 6) is 0.873. The highest BCUT2D eigenvalue weighted by molar-refractivity contribution is 6.13. The molecule has 0 aliphatic heterocycles. The molecule has 0 amide bonds. The van der Waals surface area contributed by atoms with Crippen molar-refractivity contribution in [3.05, 3.63) is 218 Å². The van der Waals surface area contributed by atoms with Gasteiger partial charge in [0, 0.05) is 32.9 Å². The van der Waals surface area contributed by atoms with E-state index in [1.165, 1.54) is 66.0 Å². The molecule has 3 aromatic heterocycles. The minimum absolute atomic E-state index is 0.873. The average Bonchev–Trinajstić information content (AvgIpc) is 3.97. The van der Waals surface area contributed by atoms with Crippen molar-refractivity contribution in [3.63, 3.8) is 0 Å². The predicted molar refractivity (Wildman–Crippen MR) is 246 cm³/mol. The van der Waals surface area contributed by atoms with Gasteiger partial charge in [-0.15, -0.1) is 0 Å². The Balaban J connectivity index is 1.04. The molecule has 0 atom stereocenters. The van der Waals surface area contributed by atoms with Crippen LogP contribution in [0.1, 0.15) is 0 Å². The Hall–Kier alpha value is -7.95. The molecule has 9 aromatic carbocycles. The molecule has 0 N–H and O–H groups in total. The van der Waals surface area contributed by atoms with Gasteiger partial charge in [-0.3, -0.25) is 9.13 Å². The lowest BCUT2D eigenvalue weighted by Crippen LogP contribution is -2.05. The Bertz CT molecular complexity index is 3480. The Morgan fingerprint density at radius 3 is 1.31 bits per heavy atom. The third kappa shape index (κ3) is 5.34. The summed E-state index contributed by atoms with van der Waals surface area (Å²) < 4.78 is 7.03. The van der Waals surface area contributed by atoms with Gasteiger partial charge in [0.1, 0.15) is 0 Å². The van der Waals surface area contributed by atoms with Crippen LogP contribution >= 0.6 is 0 Å². The molecule has 4 heteroatoms. The molecule has 0 aliphatic rings. The third-order valence-electron chi connectivity index (χ3n) is 11.8. The molecule has 3 heterocycles. The van der Waals surface area contributed by atoms with Gasteiger partial charge in [-0.25, -0.2) is 4.98 Å². The predicted octanol–water partition coefficient (Wildman–Crippen LogP) is 14.2. The van der Waals surface area contributed by atoms with Crippen LogP contribution in [0.2, 0.25) is 0 Å². The molecule has 12 aromatic rings. The molecule has 59 heavy (non-hydrogen) atoms. The van der Waals surface area contributed by atoms with Gasteiger partial charge in [-0.2, -0.15) is 0 Å². The summed E-state index contributed by atoms with van der Waals surface area (Å²) in [4.78, 5) is 5.27. The molecule has 0 unspecified atom stereocenters. The molecular formula is C55H36N4. The first-order valence-electron chi connectivity index (χ1n) is 20.1. The van der Waals surface area contributed by atoms with Crippen molar-refractivity contribution >= 4 is 54.6 Å². The zero-order chi connectivity index (χ0) is 38.9. The molecule has 0 bridgehead atoms. The lowest BCUT2D eigenvalue weighted by Gasteiger charge is -2.14. The van der Waals surface area contributed by atoms with Crippen molar-refractivity contribution in [2.45, 2.75) is 0 Å². The molecule has 0 saturated heterocycles. The van der Waals surface area contributed by atoms with E-state index >= 15 is 0 Å². The zero-order valence-electron chi connectivity index (χ0n) is 32.1. The topological polar surface area (TPSA) is 27.7 Å². The van der Waals surface area contributed by atoms with Gasteiger partial charge in [0.2, 0.25) is 5.95 Å². The molecule has 0 spiro atoms. The van der Waals surface area contributed by atoms with Crippen LogP contribution in [-0.2, 0) is 0 Å². The zero-order valence-corrected chi connectivity index (χ0v) is 32.1. The third-order valence-corrected chi connectivity index (χ3v) is 11.8. The standard InChI is InChI=1S/C55H36N4/c1-4-16-37(17-5-1)41-32-42(38-18-6-2-7-19-38)34-44(33-41)57-50-25-13-10-22-45(50)47-35-39(28-30-52(47)57)40-29-31-53-48(36-40)46-23-11-14-26-51(46)59(53)55-56-49-24-12-15-27-54(49)58(55)43-20-8-3-9-21-43/h1-36H. The van der Waals surface area contributed by atoms with Gasteiger partial charge in [0.25, 0.3) is 0 Å². The van der Waals surface area contributed by atoms with Crippen molar-refractivity contribution < 1.29 is 0 Å². The van der Waals surface area contributed by atoms with Gasteiger partial charge < -0.3 is 4.57 Å². The summed E-state index contributed by atoms with van der Waals surface area (Å²) in [5.41, 5.74) is 16.0. The van der Waals surface area contributed by atoms with E-state index in [0.29, 0.717) is 0 Å². The highest BCUT2D eigenvalue weighted by Gasteiger charge is 2.21. The number of rotatable bonds is 6. The fourth-order valence-electron chi connectivity index (χ4n) is 9.13. The van der Waals surface area contributed by atoms with Crippen LogP contribution in [-0.4, -0.2) is 18.7 Å². The van der Waals surface area contributed by atoms with Crippen LogP contribution in [0.4, 0.5) is 0 Å². The SMILES string of the molecule is c1ccc(-c2cc(-c3ccccc3)cc(-n3c4ccccc4c4cc(-c5ccc6c(c5)c5ccccc5n6-c5nc6ccccc6n5-c5ccccc5)ccc43)c2)cc1. The van der Waals surface area contributed by atoms with Gasteiger partial charge in [0.05, 0.1) is 33.1 Å². The van der Waals surface area contributed by atoms with E-state index < -0.39 is 0 Å². The first-order valence-corrected chi connectivity index (χ1v) is 20.1. The molecule has 0 fully saturated rings. The fourth-order valence-corrected chi connectivity index (χ4v) is 9.13. The summed E-state index contributed by atoms with van der Waals surface area (Å²) in [6.45, 7) is 0. The average molecular weight is 753 g/mol. The molecular weight excluding hydrogens is 717 g/mol. The lowest BCUT2D eigenvalue weighted by atomic mass is 9.98. The number of benzene rings is 9. The van der Waals surface area contributed by atoms with E-state index in [2.05, 4.69) is 232 Å². The second-order valence-electron chi connectivity index (χ2n) is 15.2. The van der Waals surface area contributed by atoms with E-state index in [0.717, 1.165) is 39.4 Å². The number of hydrogen-bond acceptors (Lipinski definition) is 1. The van der Waals surface area contributed by atoms with Gasteiger partial charge in [-0.1, -0.05) is 140 Å². The van der Waals surface area contributed by atoms with Crippen LogP contribution in [0, 0.1) is 0 Å². The molecule has 276 valence electrons. The highest BCUT2D eigenvalue weighted by atomic mass is 15.2. The first kappa shape index (κ1) is 33.2. The van der Waals surface area contributed by atoms with Crippen LogP contribution in [0.25, 0.3) is 105 Å². The minimum atomic E-state index is 0.873. The largest absolute Gasteiger partial charge is 0.309 e. The van der Waals surface area contributed by atoms with Crippen molar-refractivity contribution in [2.24, 2.45) is 0 Å². The Labute approximate surface area is 341 Å². The number of nitrogens with zero attached hydrogens (tertiary/aromatic N) is 4. The van der Waals surface area contributed by atoms with Crippen LogP contribution in [0.3, 0.4) is 0 Å². The monoisotopic (exact) mass is 752 g/mol. The van der Waals surface area contributed by atoms with Crippen molar-refractivity contribution in [1.29, 1.82) is 0 Å². The Morgan fingerprint density at radius 1 is 0.254 bits per heavy atom. The van der Waals surface area contributed by atoms with Gasteiger partial charge >= 0.3 is 0 Å². The molecule has 0 radical (unpaired) electrons. The number of hydrogen-bond donors (Lipinski definition) is 0. The summed E-state index contributed by atoms with van der Waals surface area (Å²) in [6, 6.07) is 78.7. The maximum atomic E-state index is 5.27. The van der Waals surface area contributed by atoms with Crippen molar-refractivity contribution in [2.75, 3.05) is 0 Å². The van der Waals surface area contributed by atoms with E-state index in [9.17, 15) is 0 Å². The molecule has 0 saturated carbocycles. The quantitative estimate of drug-likeness (QED) is 0.166. The van der Waals surface area contributed by atoms with E-state index in [4.69, 9.17) is 4.98 Å².